The summed E-state index contributed by atoms with van der Waals surface area (Å²) in [6.07, 6.45) is -3.21. The second-order valence-electron chi connectivity index (χ2n) is 6.98. The van der Waals surface area contributed by atoms with Gasteiger partial charge >= 0.3 is 22.3 Å². The van der Waals surface area contributed by atoms with Crippen LogP contribution in [0.1, 0.15) is 23.8 Å². The maximum atomic E-state index is 12.9. The van der Waals surface area contributed by atoms with Crippen LogP contribution in [0.15, 0.2) is 76.2 Å². The Kier molecular flexibility index (Phi) is 7.32. The molecular weight excluding hydrogens is 461 g/mol. The lowest BCUT2D eigenvalue weighted by Crippen LogP contribution is -2.38. The Balaban J connectivity index is 1.80. The van der Waals surface area contributed by atoms with Crippen LogP contribution in [-0.4, -0.2) is 25.9 Å². The lowest BCUT2D eigenvalue weighted by Gasteiger charge is -2.22. The minimum absolute atomic E-state index is 0.0984. The Morgan fingerprint density at radius 3 is 2.48 bits per heavy atom. The fourth-order valence-electron chi connectivity index (χ4n) is 2.97. The maximum absolute atomic E-state index is 12.9. The Hall–Kier alpha value is -3.47. The molecule has 0 radical (unpaired) electrons. The van der Waals surface area contributed by atoms with E-state index in [1.54, 1.807) is 25.1 Å². The third-order valence-electron chi connectivity index (χ3n) is 4.47. The van der Waals surface area contributed by atoms with Crippen LogP contribution in [0.4, 0.5) is 18.0 Å². The standard InChI is InChI=1S/C22H21F3N2O5S/c1-2-26-21(28)27(15-19-9-5-11-31-19)14-16-6-3-8-18(12-16)32-33(29,30)20-10-4-7-17(13-20)22(23,24)25/h3-13H,2,14-15H2,1H3,(H,26,28). The summed E-state index contributed by atoms with van der Waals surface area (Å²) >= 11 is 0. The van der Waals surface area contributed by atoms with Gasteiger partial charge in [0.25, 0.3) is 0 Å². The number of hydrogen-bond donors (Lipinski definition) is 1. The smallest absolute Gasteiger partial charge is 0.416 e. The lowest BCUT2D eigenvalue weighted by atomic mass is 10.2. The quantitative estimate of drug-likeness (QED) is 0.466. The minimum atomic E-state index is -4.69. The van der Waals surface area contributed by atoms with E-state index < -0.39 is 26.8 Å². The van der Waals surface area contributed by atoms with E-state index in [0.717, 1.165) is 18.2 Å². The monoisotopic (exact) mass is 482 g/mol. The molecule has 1 N–H and O–H groups in total. The summed E-state index contributed by atoms with van der Waals surface area (Å²) in [6, 6.07) is 12.3. The number of nitrogens with zero attached hydrogens (tertiary/aromatic N) is 1. The zero-order valence-electron chi connectivity index (χ0n) is 17.5. The average Bonchev–Trinajstić information content (AvgIpc) is 3.26. The highest BCUT2D eigenvalue weighted by Gasteiger charge is 2.32. The van der Waals surface area contributed by atoms with Gasteiger partial charge in [-0.1, -0.05) is 18.2 Å². The molecule has 0 saturated heterocycles. The van der Waals surface area contributed by atoms with Crippen molar-refractivity contribution >= 4 is 16.1 Å². The van der Waals surface area contributed by atoms with Crippen molar-refractivity contribution in [1.29, 1.82) is 0 Å². The fraction of sp³-hybridized carbons (Fsp3) is 0.227. The maximum Gasteiger partial charge on any atom is 0.416 e. The predicted octanol–water partition coefficient (Wildman–Crippen LogP) is 4.80. The molecule has 0 unspecified atom stereocenters. The molecule has 11 heteroatoms. The zero-order chi connectivity index (χ0) is 24.1. The molecule has 0 atom stereocenters. The van der Waals surface area contributed by atoms with Gasteiger partial charge in [-0.3, -0.25) is 0 Å². The highest BCUT2D eigenvalue weighted by atomic mass is 32.2. The Morgan fingerprint density at radius 1 is 1.06 bits per heavy atom. The van der Waals surface area contributed by atoms with Gasteiger partial charge < -0.3 is 18.8 Å². The van der Waals surface area contributed by atoms with E-state index in [4.69, 9.17) is 8.60 Å². The molecule has 0 fully saturated rings. The second-order valence-corrected chi connectivity index (χ2v) is 8.53. The van der Waals surface area contributed by atoms with Crippen LogP contribution in [-0.2, 0) is 29.4 Å². The zero-order valence-corrected chi connectivity index (χ0v) is 18.3. The van der Waals surface area contributed by atoms with Crippen LogP contribution < -0.4 is 9.50 Å². The van der Waals surface area contributed by atoms with Gasteiger partial charge in [0, 0.05) is 13.1 Å². The Morgan fingerprint density at radius 2 is 1.82 bits per heavy atom. The van der Waals surface area contributed by atoms with Crippen molar-refractivity contribution in [3.8, 4) is 5.75 Å². The van der Waals surface area contributed by atoms with Gasteiger partial charge in [-0.25, -0.2) is 4.79 Å². The molecular formula is C22H21F3N2O5S. The van der Waals surface area contributed by atoms with E-state index in [0.29, 0.717) is 23.9 Å². The number of nitrogens with one attached hydrogen (secondary N) is 1. The van der Waals surface area contributed by atoms with E-state index in [1.807, 2.05) is 0 Å². The summed E-state index contributed by atoms with van der Waals surface area (Å²) in [6.45, 7) is 2.46. The summed E-state index contributed by atoms with van der Waals surface area (Å²) in [4.78, 5) is 13.3. The van der Waals surface area contributed by atoms with Crippen molar-refractivity contribution in [2.45, 2.75) is 31.1 Å². The number of urea groups is 1. The molecule has 3 rings (SSSR count). The van der Waals surface area contributed by atoms with Gasteiger partial charge in [0.15, 0.2) is 0 Å². The molecule has 0 bridgehead atoms. The average molecular weight is 482 g/mol. The normalized spacial score (nSPS) is 11.8. The number of amides is 2. The molecule has 3 aromatic rings. The highest BCUT2D eigenvalue weighted by Crippen LogP contribution is 2.31. The van der Waals surface area contributed by atoms with Crippen molar-refractivity contribution in [3.05, 3.63) is 83.8 Å². The molecule has 33 heavy (non-hydrogen) atoms. The first kappa shape index (κ1) is 24.2. The number of alkyl halides is 3. The van der Waals surface area contributed by atoms with Crippen LogP contribution in [0.25, 0.3) is 0 Å². The lowest BCUT2D eigenvalue weighted by molar-refractivity contribution is -0.137. The molecule has 1 aromatic heterocycles. The van der Waals surface area contributed by atoms with Crippen molar-refractivity contribution in [2.24, 2.45) is 0 Å². The first-order valence-corrected chi connectivity index (χ1v) is 11.2. The first-order valence-electron chi connectivity index (χ1n) is 9.84. The van der Waals surface area contributed by atoms with Crippen molar-refractivity contribution < 1.29 is 35.0 Å². The third kappa shape index (κ3) is 6.51. The van der Waals surface area contributed by atoms with Crippen LogP contribution in [0, 0.1) is 0 Å². The number of hydrogen-bond acceptors (Lipinski definition) is 5. The van der Waals surface area contributed by atoms with Crippen LogP contribution in [0.2, 0.25) is 0 Å². The fourth-order valence-corrected chi connectivity index (χ4v) is 3.94. The highest BCUT2D eigenvalue weighted by molar-refractivity contribution is 7.87. The molecule has 7 nitrogen and oxygen atoms in total. The van der Waals surface area contributed by atoms with E-state index in [1.165, 1.54) is 29.4 Å². The van der Waals surface area contributed by atoms with E-state index in [9.17, 15) is 26.4 Å². The second kappa shape index (κ2) is 9.99. The summed E-state index contributed by atoms with van der Waals surface area (Å²) in [5.41, 5.74) is -0.555. The van der Waals surface area contributed by atoms with Gasteiger partial charge in [0.1, 0.15) is 16.4 Å². The molecule has 0 spiro atoms. The number of carbonyl (C=O) groups excluding carboxylic acids is 1. The van der Waals surface area contributed by atoms with Gasteiger partial charge in [-0.2, -0.15) is 21.6 Å². The van der Waals surface area contributed by atoms with E-state index in [-0.39, 0.29) is 24.9 Å². The minimum Gasteiger partial charge on any atom is -0.467 e. The third-order valence-corrected chi connectivity index (χ3v) is 5.71. The van der Waals surface area contributed by atoms with Gasteiger partial charge in [-0.15, -0.1) is 0 Å². The molecule has 0 aliphatic carbocycles. The Bertz CT molecular complexity index is 1190. The SMILES string of the molecule is CCNC(=O)N(Cc1cccc(OS(=O)(=O)c2cccc(C(F)(F)F)c2)c1)Cc1ccco1. The number of rotatable bonds is 8. The molecule has 0 saturated carbocycles. The summed E-state index contributed by atoms with van der Waals surface area (Å²) in [5, 5.41) is 2.70. The van der Waals surface area contributed by atoms with E-state index in [2.05, 4.69) is 5.32 Å². The number of benzene rings is 2. The number of furan rings is 1. The first-order chi connectivity index (χ1) is 15.6. The summed E-state index contributed by atoms with van der Waals surface area (Å²) in [5.74, 6) is 0.458. The van der Waals surface area contributed by atoms with Crippen molar-refractivity contribution in [3.63, 3.8) is 0 Å². The van der Waals surface area contributed by atoms with Crippen molar-refractivity contribution in [2.75, 3.05) is 6.54 Å². The Labute approximate surface area is 188 Å². The van der Waals surface area contributed by atoms with Crippen LogP contribution >= 0.6 is 0 Å². The number of halogens is 3. The van der Waals surface area contributed by atoms with Gasteiger partial charge in [-0.05, 0) is 55.0 Å². The van der Waals surface area contributed by atoms with Gasteiger partial charge in [0.05, 0.1) is 18.4 Å². The van der Waals surface area contributed by atoms with Gasteiger partial charge in [0.2, 0.25) is 0 Å². The van der Waals surface area contributed by atoms with E-state index >= 15 is 0 Å². The molecule has 2 amide bonds. The largest absolute Gasteiger partial charge is 0.467 e. The van der Waals surface area contributed by atoms with Crippen molar-refractivity contribution in [1.82, 2.24) is 10.2 Å². The predicted molar refractivity (Wildman–Crippen MR) is 113 cm³/mol. The molecule has 176 valence electrons. The van der Waals surface area contributed by atoms with Crippen LogP contribution in [0.3, 0.4) is 0 Å². The van der Waals surface area contributed by atoms with Crippen LogP contribution in [0.5, 0.6) is 5.75 Å². The molecule has 2 aromatic carbocycles. The topological polar surface area (TPSA) is 88.9 Å². The molecule has 1 heterocycles. The molecule has 0 aliphatic rings. The summed E-state index contributed by atoms with van der Waals surface area (Å²) < 4.78 is 74.2. The molecule has 0 aliphatic heterocycles. The summed E-state index contributed by atoms with van der Waals surface area (Å²) in [7, 11) is -4.52. The number of carbonyl (C=O) groups is 1.